The molecule has 2 heterocycles. The first-order chi connectivity index (χ1) is 10.3. The molecule has 1 aliphatic heterocycles. The molecule has 116 valence electrons. The van der Waals surface area contributed by atoms with Gasteiger partial charge < -0.3 is 10.2 Å². The van der Waals surface area contributed by atoms with E-state index in [1.54, 1.807) is 11.3 Å². The molecule has 1 saturated heterocycles. The summed E-state index contributed by atoms with van der Waals surface area (Å²) in [6, 6.07) is 4.81. The monoisotopic (exact) mass is 306 g/mol. The van der Waals surface area contributed by atoms with Crippen LogP contribution in [0.3, 0.4) is 0 Å². The van der Waals surface area contributed by atoms with Crippen molar-refractivity contribution in [2.75, 3.05) is 6.54 Å². The van der Waals surface area contributed by atoms with Crippen LogP contribution in [0, 0.1) is 5.92 Å². The quantitative estimate of drug-likeness (QED) is 0.924. The van der Waals surface area contributed by atoms with E-state index < -0.39 is 0 Å². The molecule has 1 saturated carbocycles. The average Bonchev–Trinajstić information content (AvgIpc) is 3.04. The molecular weight excluding hydrogens is 280 g/mol. The van der Waals surface area contributed by atoms with Gasteiger partial charge in [0.25, 0.3) is 0 Å². The summed E-state index contributed by atoms with van der Waals surface area (Å²) in [5, 5.41) is 5.74. The second-order valence-corrected chi connectivity index (χ2v) is 7.41. The van der Waals surface area contributed by atoms with Gasteiger partial charge in [0, 0.05) is 17.5 Å². The first-order valence-corrected chi connectivity index (χ1v) is 9.23. The van der Waals surface area contributed by atoms with Gasteiger partial charge in [0.1, 0.15) is 0 Å². The molecule has 0 radical (unpaired) electrons. The minimum atomic E-state index is 0.0456. The summed E-state index contributed by atoms with van der Waals surface area (Å²) in [5.74, 6) is 1.12. The Hall–Kier alpha value is -0.870. The summed E-state index contributed by atoms with van der Waals surface area (Å²) < 4.78 is 0. The van der Waals surface area contributed by atoms with E-state index in [9.17, 15) is 4.79 Å². The molecule has 21 heavy (non-hydrogen) atoms. The largest absolute Gasteiger partial charge is 0.336 e. The number of fused-ring (bicyclic) bond motifs is 1. The highest BCUT2D eigenvalue weighted by atomic mass is 32.1. The number of nitrogens with one attached hydrogen (secondary N) is 1. The van der Waals surface area contributed by atoms with Gasteiger partial charge in [0.2, 0.25) is 5.91 Å². The van der Waals surface area contributed by atoms with Crippen LogP contribution in [0.5, 0.6) is 0 Å². The Labute approximate surface area is 131 Å². The SMILES string of the molecule is CCN(Cc1cccs1)C(=O)C1CCC2CCCCC2N1. The molecule has 1 aromatic rings. The topological polar surface area (TPSA) is 32.3 Å². The maximum absolute atomic E-state index is 12.8. The van der Waals surface area contributed by atoms with Crippen molar-refractivity contribution < 1.29 is 4.79 Å². The number of rotatable bonds is 4. The average molecular weight is 306 g/mol. The fourth-order valence-electron chi connectivity index (χ4n) is 3.85. The second kappa shape index (κ2) is 6.93. The Morgan fingerprint density at radius 3 is 2.95 bits per heavy atom. The molecule has 2 fully saturated rings. The number of amides is 1. The van der Waals surface area contributed by atoms with Crippen molar-refractivity contribution in [3.8, 4) is 0 Å². The number of hydrogen-bond donors (Lipinski definition) is 1. The van der Waals surface area contributed by atoms with Gasteiger partial charge >= 0.3 is 0 Å². The van der Waals surface area contributed by atoms with Gasteiger partial charge in [-0.2, -0.15) is 0 Å². The molecule has 3 atom stereocenters. The van der Waals surface area contributed by atoms with Gasteiger partial charge in [-0.15, -0.1) is 11.3 Å². The Morgan fingerprint density at radius 1 is 1.33 bits per heavy atom. The van der Waals surface area contributed by atoms with Crippen molar-refractivity contribution in [1.29, 1.82) is 0 Å². The number of carbonyl (C=O) groups excluding carboxylic acids is 1. The summed E-state index contributed by atoms with van der Waals surface area (Å²) in [6.07, 6.45) is 7.55. The first kappa shape index (κ1) is 15.0. The fraction of sp³-hybridized carbons (Fsp3) is 0.706. The van der Waals surface area contributed by atoms with Crippen LogP contribution in [-0.4, -0.2) is 29.4 Å². The molecule has 4 heteroatoms. The molecule has 0 bridgehead atoms. The Balaban J connectivity index is 1.60. The number of thiophene rings is 1. The molecule has 3 unspecified atom stereocenters. The fourth-order valence-corrected chi connectivity index (χ4v) is 4.57. The van der Waals surface area contributed by atoms with E-state index in [0.717, 1.165) is 25.4 Å². The highest BCUT2D eigenvalue weighted by molar-refractivity contribution is 7.09. The number of nitrogens with zero attached hydrogens (tertiary/aromatic N) is 1. The molecule has 1 amide bonds. The van der Waals surface area contributed by atoms with Crippen molar-refractivity contribution in [3.05, 3.63) is 22.4 Å². The molecule has 1 aliphatic carbocycles. The van der Waals surface area contributed by atoms with Gasteiger partial charge in [-0.1, -0.05) is 18.9 Å². The van der Waals surface area contributed by atoms with Gasteiger partial charge in [-0.25, -0.2) is 0 Å². The standard InChI is InChI=1S/C17H26N2OS/c1-2-19(12-14-7-5-11-21-14)17(20)16-10-9-13-6-3-4-8-15(13)18-16/h5,7,11,13,15-16,18H,2-4,6,8-10,12H2,1H3. The first-order valence-electron chi connectivity index (χ1n) is 8.35. The van der Waals surface area contributed by atoms with Crippen molar-refractivity contribution >= 4 is 17.2 Å². The van der Waals surface area contributed by atoms with Crippen LogP contribution in [0.25, 0.3) is 0 Å². The molecule has 1 aromatic heterocycles. The van der Waals surface area contributed by atoms with Gasteiger partial charge in [0.05, 0.1) is 12.6 Å². The summed E-state index contributed by atoms with van der Waals surface area (Å²) in [4.78, 5) is 16.1. The van der Waals surface area contributed by atoms with Crippen LogP contribution < -0.4 is 5.32 Å². The third kappa shape index (κ3) is 3.49. The van der Waals surface area contributed by atoms with Crippen LogP contribution in [0.1, 0.15) is 50.3 Å². The molecule has 0 spiro atoms. The minimum Gasteiger partial charge on any atom is -0.336 e. The highest BCUT2D eigenvalue weighted by Gasteiger charge is 2.35. The lowest BCUT2D eigenvalue weighted by Gasteiger charge is -2.41. The second-order valence-electron chi connectivity index (χ2n) is 6.38. The van der Waals surface area contributed by atoms with E-state index in [1.807, 2.05) is 4.90 Å². The number of piperidine rings is 1. The molecular formula is C17H26N2OS. The predicted molar refractivity (Wildman–Crippen MR) is 87.3 cm³/mol. The van der Waals surface area contributed by atoms with E-state index in [2.05, 4.69) is 29.8 Å². The smallest absolute Gasteiger partial charge is 0.240 e. The van der Waals surface area contributed by atoms with Crippen LogP contribution >= 0.6 is 11.3 Å². The molecule has 3 rings (SSSR count). The zero-order chi connectivity index (χ0) is 14.7. The van der Waals surface area contributed by atoms with E-state index in [1.165, 1.54) is 37.0 Å². The van der Waals surface area contributed by atoms with Crippen molar-refractivity contribution in [3.63, 3.8) is 0 Å². The third-order valence-electron chi connectivity index (χ3n) is 5.07. The lowest BCUT2D eigenvalue weighted by atomic mass is 9.77. The lowest BCUT2D eigenvalue weighted by Crippen LogP contribution is -2.55. The molecule has 1 N–H and O–H groups in total. The van der Waals surface area contributed by atoms with Crippen LogP contribution in [-0.2, 0) is 11.3 Å². The predicted octanol–water partition coefficient (Wildman–Crippen LogP) is 3.41. The maximum atomic E-state index is 12.8. The third-order valence-corrected chi connectivity index (χ3v) is 5.93. The molecule has 3 nitrogen and oxygen atoms in total. The lowest BCUT2D eigenvalue weighted by molar-refractivity contribution is -0.135. The summed E-state index contributed by atoms with van der Waals surface area (Å²) in [5.41, 5.74) is 0. The van der Waals surface area contributed by atoms with Gasteiger partial charge in [0.15, 0.2) is 0 Å². The van der Waals surface area contributed by atoms with Crippen LogP contribution in [0.2, 0.25) is 0 Å². The Morgan fingerprint density at radius 2 is 2.19 bits per heavy atom. The summed E-state index contributed by atoms with van der Waals surface area (Å²) in [6.45, 7) is 3.64. The summed E-state index contributed by atoms with van der Waals surface area (Å²) >= 11 is 1.73. The normalized spacial score (nSPS) is 28.9. The number of likely N-dealkylation sites (N-methyl/N-ethyl adjacent to an activating group) is 1. The number of hydrogen-bond acceptors (Lipinski definition) is 3. The van der Waals surface area contributed by atoms with E-state index in [-0.39, 0.29) is 6.04 Å². The molecule has 2 aliphatic rings. The summed E-state index contributed by atoms with van der Waals surface area (Å²) in [7, 11) is 0. The van der Waals surface area contributed by atoms with Crippen LogP contribution in [0.4, 0.5) is 0 Å². The van der Waals surface area contributed by atoms with Crippen LogP contribution in [0.15, 0.2) is 17.5 Å². The van der Waals surface area contributed by atoms with Crippen molar-refractivity contribution in [1.82, 2.24) is 10.2 Å². The number of carbonyl (C=O) groups is 1. The van der Waals surface area contributed by atoms with Gasteiger partial charge in [-0.05, 0) is 50.0 Å². The van der Waals surface area contributed by atoms with E-state index in [4.69, 9.17) is 0 Å². The molecule has 0 aromatic carbocycles. The maximum Gasteiger partial charge on any atom is 0.240 e. The Kier molecular flexibility index (Phi) is 4.96. The van der Waals surface area contributed by atoms with E-state index >= 15 is 0 Å². The zero-order valence-corrected chi connectivity index (χ0v) is 13.7. The Bertz CT molecular complexity index is 459. The highest BCUT2D eigenvalue weighted by Crippen LogP contribution is 2.32. The zero-order valence-electron chi connectivity index (χ0n) is 12.9. The van der Waals surface area contributed by atoms with E-state index in [0.29, 0.717) is 11.9 Å². The van der Waals surface area contributed by atoms with Gasteiger partial charge in [-0.3, -0.25) is 4.79 Å². The van der Waals surface area contributed by atoms with Crippen molar-refractivity contribution in [2.24, 2.45) is 5.92 Å². The minimum absolute atomic E-state index is 0.0456. The van der Waals surface area contributed by atoms with Crippen molar-refractivity contribution in [2.45, 2.75) is 64.1 Å².